The third kappa shape index (κ3) is 5.59. The zero-order valence-electron chi connectivity index (χ0n) is 12.6. The number of amides is 2. The van der Waals surface area contributed by atoms with E-state index in [0.29, 0.717) is 24.4 Å². The minimum absolute atomic E-state index is 0.116. The van der Waals surface area contributed by atoms with Crippen LogP contribution in [0, 0.1) is 0 Å². The van der Waals surface area contributed by atoms with Gasteiger partial charge in [0.1, 0.15) is 12.6 Å². The Morgan fingerprint density at radius 3 is 2.58 bits per heavy atom. The summed E-state index contributed by atoms with van der Waals surface area (Å²) < 4.78 is 36.6. The molecule has 1 aliphatic rings. The van der Waals surface area contributed by atoms with Gasteiger partial charge >= 0.3 is 6.18 Å². The number of rotatable bonds is 5. The quantitative estimate of drug-likeness (QED) is 0.798. The third-order valence-corrected chi connectivity index (χ3v) is 4.76. The monoisotopic (exact) mass is 380 g/mol. The first-order valence-electron chi connectivity index (χ1n) is 7.28. The zero-order valence-corrected chi connectivity index (χ0v) is 14.2. The summed E-state index contributed by atoms with van der Waals surface area (Å²) in [5.41, 5.74) is 0. The van der Waals surface area contributed by atoms with Crippen LogP contribution in [0.1, 0.15) is 12.8 Å². The number of likely N-dealkylation sites (tertiary alicyclic amines) is 1. The first-order chi connectivity index (χ1) is 11.3. The van der Waals surface area contributed by atoms with E-state index >= 15 is 0 Å². The van der Waals surface area contributed by atoms with Crippen LogP contribution in [0.25, 0.3) is 0 Å². The zero-order chi connectivity index (χ0) is 17.7. The molecule has 24 heavy (non-hydrogen) atoms. The van der Waals surface area contributed by atoms with E-state index in [-0.39, 0.29) is 11.7 Å². The fourth-order valence-electron chi connectivity index (χ4n) is 2.40. The number of carbonyl (C=O) groups excluding carboxylic acids is 2. The van der Waals surface area contributed by atoms with Gasteiger partial charge in [-0.2, -0.15) is 13.2 Å². The van der Waals surface area contributed by atoms with Crippen molar-refractivity contribution in [3.8, 4) is 0 Å². The van der Waals surface area contributed by atoms with E-state index in [1.54, 1.807) is 24.3 Å². The van der Waals surface area contributed by atoms with Gasteiger partial charge in [0.2, 0.25) is 11.8 Å². The van der Waals surface area contributed by atoms with Gasteiger partial charge in [-0.3, -0.25) is 9.59 Å². The molecule has 1 heterocycles. The predicted octanol–water partition coefficient (Wildman–Crippen LogP) is 3.10. The van der Waals surface area contributed by atoms with E-state index in [0.717, 1.165) is 4.90 Å². The van der Waals surface area contributed by atoms with Gasteiger partial charge in [0.25, 0.3) is 0 Å². The summed E-state index contributed by atoms with van der Waals surface area (Å²) in [6.45, 7) is -1.01. The summed E-state index contributed by atoms with van der Waals surface area (Å²) in [5, 5.41) is 2.44. The number of benzene rings is 1. The van der Waals surface area contributed by atoms with Gasteiger partial charge in [-0.1, -0.05) is 11.6 Å². The lowest BCUT2D eigenvalue weighted by Gasteiger charge is -2.24. The molecule has 1 aromatic carbocycles. The predicted molar refractivity (Wildman–Crippen MR) is 86.0 cm³/mol. The number of nitrogens with zero attached hydrogens (tertiary/aromatic N) is 1. The van der Waals surface area contributed by atoms with Crippen LogP contribution in [0.3, 0.4) is 0 Å². The van der Waals surface area contributed by atoms with E-state index in [4.69, 9.17) is 11.6 Å². The molecule has 1 fully saturated rings. The maximum Gasteiger partial charge on any atom is 0.405 e. The minimum Gasteiger partial charge on any atom is -0.345 e. The summed E-state index contributed by atoms with van der Waals surface area (Å²) in [4.78, 5) is 26.4. The summed E-state index contributed by atoms with van der Waals surface area (Å²) in [6, 6.07) is 6.13. The molecular weight excluding hydrogens is 365 g/mol. The number of halogens is 4. The van der Waals surface area contributed by atoms with Gasteiger partial charge < -0.3 is 10.2 Å². The Labute approximate surface area is 146 Å². The van der Waals surface area contributed by atoms with Crippen molar-refractivity contribution in [3.63, 3.8) is 0 Å². The Hall–Kier alpha value is -1.41. The topological polar surface area (TPSA) is 49.4 Å². The number of thioether (sulfide) groups is 1. The fraction of sp³-hybridized carbons (Fsp3) is 0.467. The second-order valence-corrected chi connectivity index (χ2v) is 6.81. The van der Waals surface area contributed by atoms with E-state index < -0.39 is 24.7 Å². The first-order valence-corrected chi connectivity index (χ1v) is 8.65. The molecule has 1 aromatic rings. The summed E-state index contributed by atoms with van der Waals surface area (Å²) in [7, 11) is 0. The van der Waals surface area contributed by atoms with Crippen LogP contribution in [0.2, 0.25) is 5.02 Å². The molecule has 132 valence electrons. The molecule has 0 aliphatic carbocycles. The number of carbonyl (C=O) groups is 2. The molecule has 0 radical (unpaired) electrons. The van der Waals surface area contributed by atoms with Gasteiger partial charge in [0, 0.05) is 16.5 Å². The summed E-state index contributed by atoms with van der Waals surface area (Å²) in [5.74, 6) is -0.903. The Morgan fingerprint density at radius 2 is 1.96 bits per heavy atom. The lowest BCUT2D eigenvalue weighted by Crippen LogP contribution is -2.48. The van der Waals surface area contributed by atoms with E-state index in [2.05, 4.69) is 0 Å². The third-order valence-electron chi connectivity index (χ3n) is 3.51. The van der Waals surface area contributed by atoms with Crippen LogP contribution in [-0.4, -0.2) is 47.8 Å². The van der Waals surface area contributed by atoms with Crippen LogP contribution >= 0.6 is 23.4 Å². The minimum atomic E-state index is -4.46. The van der Waals surface area contributed by atoms with Crippen LogP contribution in [0.15, 0.2) is 29.2 Å². The Kier molecular flexibility index (Phi) is 6.40. The SMILES string of the molecule is O=C(NCC(F)(F)F)C1CCCN1C(=O)CSc1ccc(Cl)cc1. The van der Waals surface area contributed by atoms with Crippen molar-refractivity contribution in [3.05, 3.63) is 29.3 Å². The molecule has 0 bridgehead atoms. The molecule has 0 saturated carbocycles. The van der Waals surface area contributed by atoms with Crippen LogP contribution in [0.4, 0.5) is 13.2 Å². The molecular formula is C15H16ClF3N2O2S. The van der Waals surface area contributed by atoms with E-state index in [1.807, 2.05) is 5.32 Å². The van der Waals surface area contributed by atoms with Crippen molar-refractivity contribution in [2.24, 2.45) is 0 Å². The van der Waals surface area contributed by atoms with Crippen molar-refractivity contribution < 1.29 is 22.8 Å². The largest absolute Gasteiger partial charge is 0.405 e. The average molecular weight is 381 g/mol. The highest BCUT2D eigenvalue weighted by Gasteiger charge is 2.36. The second kappa shape index (κ2) is 8.11. The summed E-state index contributed by atoms with van der Waals surface area (Å²) >= 11 is 7.08. The lowest BCUT2D eigenvalue weighted by molar-refractivity contribution is -0.144. The molecule has 1 aliphatic heterocycles. The van der Waals surface area contributed by atoms with Gasteiger partial charge in [-0.25, -0.2) is 0 Å². The molecule has 9 heteroatoms. The Balaban J connectivity index is 1.88. The number of hydrogen-bond acceptors (Lipinski definition) is 3. The van der Waals surface area contributed by atoms with Crippen molar-refractivity contribution in [2.45, 2.75) is 30.0 Å². The molecule has 2 amide bonds. The summed E-state index contributed by atoms with van der Waals surface area (Å²) in [6.07, 6.45) is -3.49. The molecule has 1 saturated heterocycles. The highest BCUT2D eigenvalue weighted by atomic mass is 35.5. The first kappa shape index (κ1) is 18.9. The molecule has 1 unspecified atom stereocenters. The van der Waals surface area contributed by atoms with E-state index in [1.165, 1.54) is 16.7 Å². The second-order valence-electron chi connectivity index (χ2n) is 5.32. The lowest BCUT2D eigenvalue weighted by atomic mass is 10.2. The number of hydrogen-bond donors (Lipinski definition) is 1. The van der Waals surface area contributed by atoms with Gasteiger partial charge in [-0.05, 0) is 37.1 Å². The van der Waals surface area contributed by atoms with Gasteiger partial charge in [0.05, 0.1) is 5.75 Å². The van der Waals surface area contributed by atoms with Crippen molar-refractivity contribution in [1.29, 1.82) is 0 Å². The van der Waals surface area contributed by atoms with Crippen molar-refractivity contribution >= 4 is 35.2 Å². The smallest absolute Gasteiger partial charge is 0.345 e. The highest BCUT2D eigenvalue weighted by molar-refractivity contribution is 8.00. The molecule has 0 spiro atoms. The van der Waals surface area contributed by atoms with Crippen LogP contribution in [-0.2, 0) is 9.59 Å². The van der Waals surface area contributed by atoms with Crippen molar-refractivity contribution in [2.75, 3.05) is 18.8 Å². The van der Waals surface area contributed by atoms with E-state index in [9.17, 15) is 22.8 Å². The van der Waals surface area contributed by atoms with Crippen molar-refractivity contribution in [1.82, 2.24) is 10.2 Å². The maximum atomic E-state index is 12.3. The van der Waals surface area contributed by atoms with Gasteiger partial charge in [-0.15, -0.1) is 11.8 Å². The van der Waals surface area contributed by atoms with Crippen LogP contribution in [0.5, 0.6) is 0 Å². The fourth-order valence-corrected chi connectivity index (χ4v) is 3.31. The van der Waals surface area contributed by atoms with Gasteiger partial charge in [0.15, 0.2) is 0 Å². The normalized spacial score (nSPS) is 17.8. The maximum absolute atomic E-state index is 12.3. The highest BCUT2D eigenvalue weighted by Crippen LogP contribution is 2.24. The Bertz CT molecular complexity index is 595. The van der Waals surface area contributed by atoms with Crippen LogP contribution < -0.4 is 5.32 Å². The molecule has 0 aromatic heterocycles. The molecule has 1 atom stereocenters. The average Bonchev–Trinajstić information content (AvgIpc) is 3.01. The Morgan fingerprint density at radius 1 is 1.29 bits per heavy atom. The molecule has 1 N–H and O–H groups in total. The number of alkyl halides is 3. The number of nitrogens with one attached hydrogen (secondary N) is 1. The standard InChI is InChI=1S/C15H16ClF3N2O2S/c16-10-3-5-11(6-4-10)24-8-13(22)21-7-1-2-12(21)14(23)20-9-15(17,18)19/h3-6,12H,1-2,7-9H2,(H,20,23). The molecule has 2 rings (SSSR count). The molecule has 4 nitrogen and oxygen atoms in total.